The number of rotatable bonds is 4. The summed E-state index contributed by atoms with van der Waals surface area (Å²) < 4.78 is 1.76. The summed E-state index contributed by atoms with van der Waals surface area (Å²) in [5.74, 6) is 0.138. The molecule has 1 aromatic carbocycles. The Balaban J connectivity index is 1.94. The minimum Gasteiger partial charge on any atom is -0.508 e. The Kier molecular flexibility index (Phi) is 4.69. The molecule has 1 amide bonds. The lowest BCUT2D eigenvalue weighted by molar-refractivity contribution is 0.0953. The number of fused-ring (bicyclic) bond motifs is 1. The number of H-pyrrole nitrogens is 1. The monoisotopic (exact) mass is 404 g/mol. The van der Waals surface area contributed by atoms with E-state index in [-0.39, 0.29) is 17.5 Å². The smallest absolute Gasteiger partial charge is 0.256 e. The fourth-order valence-electron chi connectivity index (χ4n) is 3.69. The van der Waals surface area contributed by atoms with E-state index in [1.165, 1.54) is 0 Å². The topological polar surface area (TPSA) is 122 Å². The molecule has 4 rings (SSSR count). The third-order valence-corrected chi connectivity index (χ3v) is 5.48. The number of aromatic amines is 1. The molecule has 3 aromatic heterocycles. The van der Waals surface area contributed by atoms with E-state index in [4.69, 9.17) is 10.7 Å². The molecule has 0 saturated carbocycles. The van der Waals surface area contributed by atoms with Crippen molar-refractivity contribution in [3.05, 3.63) is 64.1 Å². The quantitative estimate of drug-likeness (QED) is 0.416. The van der Waals surface area contributed by atoms with Crippen molar-refractivity contribution < 1.29 is 9.90 Å². The van der Waals surface area contributed by atoms with Gasteiger partial charge >= 0.3 is 0 Å². The van der Waals surface area contributed by atoms with E-state index in [0.29, 0.717) is 28.7 Å². The van der Waals surface area contributed by atoms with E-state index >= 15 is 0 Å². The number of aryl methyl sites for hydroxylation is 3. The number of phenols is 1. The molecule has 0 unspecified atom stereocenters. The summed E-state index contributed by atoms with van der Waals surface area (Å²) in [5, 5.41) is 20.6. The number of carbonyl (C=O) groups excluding carboxylic acids is 1. The lowest BCUT2D eigenvalue weighted by Gasteiger charge is -2.15. The van der Waals surface area contributed by atoms with Crippen LogP contribution in [0.3, 0.4) is 0 Å². The number of nitrogens with zero attached hydrogens (tertiary/aromatic N) is 3. The molecule has 5 N–H and O–H groups in total. The molecule has 30 heavy (non-hydrogen) atoms. The molecule has 0 bridgehead atoms. The summed E-state index contributed by atoms with van der Waals surface area (Å²) in [4.78, 5) is 17.9. The number of nitrogens with two attached hydrogens (primary N) is 1. The number of phenolic OH excluding ortho intramolecular Hbond substituents is 1. The van der Waals surface area contributed by atoms with Gasteiger partial charge in [-0.15, -0.1) is 0 Å². The van der Waals surface area contributed by atoms with Crippen LogP contribution in [0.25, 0.3) is 16.7 Å². The Hall–Kier alpha value is -3.81. The average Bonchev–Trinajstić information content (AvgIpc) is 3.31. The van der Waals surface area contributed by atoms with Gasteiger partial charge in [0.25, 0.3) is 5.91 Å². The van der Waals surface area contributed by atoms with E-state index in [1.807, 2.05) is 39.8 Å². The maximum absolute atomic E-state index is 13.1. The predicted octanol–water partition coefficient (Wildman–Crippen LogP) is 3.20. The van der Waals surface area contributed by atoms with Crippen LogP contribution in [-0.2, 0) is 6.54 Å². The second-order valence-electron chi connectivity index (χ2n) is 7.50. The minimum atomic E-state index is -0.300. The van der Waals surface area contributed by atoms with Crippen LogP contribution in [0.5, 0.6) is 5.75 Å². The molecule has 4 aromatic rings. The second-order valence-corrected chi connectivity index (χ2v) is 7.50. The lowest BCUT2D eigenvalue weighted by atomic mass is 10.1. The largest absolute Gasteiger partial charge is 0.508 e. The maximum Gasteiger partial charge on any atom is 0.256 e. The zero-order chi connectivity index (χ0) is 21.6. The van der Waals surface area contributed by atoms with Gasteiger partial charge in [0, 0.05) is 22.8 Å². The van der Waals surface area contributed by atoms with Crippen molar-refractivity contribution in [2.45, 2.75) is 34.2 Å². The van der Waals surface area contributed by atoms with Crippen LogP contribution in [0.15, 0.2) is 30.5 Å². The maximum atomic E-state index is 13.1. The number of benzene rings is 1. The number of hydrogen-bond donors (Lipinski definition) is 4. The minimum absolute atomic E-state index is 0.158. The van der Waals surface area contributed by atoms with Crippen LogP contribution < -0.4 is 11.1 Å². The molecule has 0 radical (unpaired) electrons. The fraction of sp³-hybridized carbons (Fsp3) is 0.227. The molecule has 8 heteroatoms. The van der Waals surface area contributed by atoms with E-state index in [9.17, 15) is 9.90 Å². The molecule has 8 nitrogen and oxygen atoms in total. The zero-order valence-electron chi connectivity index (χ0n) is 17.4. The highest BCUT2D eigenvalue weighted by Crippen LogP contribution is 2.36. The van der Waals surface area contributed by atoms with Crippen LogP contribution in [-0.4, -0.2) is 30.8 Å². The highest BCUT2D eigenvalue weighted by atomic mass is 16.3. The molecule has 3 heterocycles. The molecule has 0 aliphatic heterocycles. The number of aromatic hydroxyl groups is 1. The normalized spacial score (nSPS) is 11.2. The van der Waals surface area contributed by atoms with Gasteiger partial charge in [-0.2, -0.15) is 5.10 Å². The molecule has 0 aliphatic rings. The van der Waals surface area contributed by atoms with Gasteiger partial charge in [-0.3, -0.25) is 14.5 Å². The summed E-state index contributed by atoms with van der Waals surface area (Å²) >= 11 is 0. The Bertz CT molecular complexity index is 1270. The van der Waals surface area contributed by atoms with Gasteiger partial charge in [0.2, 0.25) is 0 Å². The van der Waals surface area contributed by atoms with Crippen molar-refractivity contribution in [1.82, 2.24) is 25.1 Å². The molecular weight excluding hydrogens is 380 g/mol. The van der Waals surface area contributed by atoms with Gasteiger partial charge in [0.05, 0.1) is 23.5 Å². The highest BCUT2D eigenvalue weighted by molar-refractivity contribution is 6.11. The third kappa shape index (κ3) is 3.06. The lowest BCUT2D eigenvalue weighted by Crippen LogP contribution is -2.24. The van der Waals surface area contributed by atoms with Crippen LogP contribution in [0.1, 0.15) is 38.4 Å². The Morgan fingerprint density at radius 2 is 1.97 bits per heavy atom. The first kappa shape index (κ1) is 19.5. The first-order chi connectivity index (χ1) is 14.3. The average molecular weight is 404 g/mol. The second kappa shape index (κ2) is 7.22. The Labute approximate surface area is 173 Å². The number of aromatic nitrogens is 4. The molecular formula is C22H24N6O2. The molecule has 0 spiro atoms. The van der Waals surface area contributed by atoms with E-state index in [1.54, 1.807) is 22.9 Å². The van der Waals surface area contributed by atoms with Crippen molar-refractivity contribution in [1.29, 1.82) is 0 Å². The number of anilines is 1. The first-order valence-corrected chi connectivity index (χ1v) is 9.63. The number of carbonyl (C=O) groups is 1. The van der Waals surface area contributed by atoms with Crippen LogP contribution >= 0.6 is 0 Å². The van der Waals surface area contributed by atoms with E-state index < -0.39 is 0 Å². The SMILES string of the molecule is Cc1cc2c(C(=O)NCc3ccn[nH]3)c(N)n(-c3c(C)ccc(O)c3C)c2nc1C. The number of hydrogen-bond acceptors (Lipinski definition) is 5. The molecule has 154 valence electrons. The van der Waals surface area contributed by atoms with Crippen molar-refractivity contribution in [3.63, 3.8) is 0 Å². The van der Waals surface area contributed by atoms with E-state index in [0.717, 1.165) is 28.2 Å². The van der Waals surface area contributed by atoms with Crippen LogP contribution in [0.2, 0.25) is 0 Å². The highest BCUT2D eigenvalue weighted by Gasteiger charge is 2.25. The fourth-order valence-corrected chi connectivity index (χ4v) is 3.69. The van der Waals surface area contributed by atoms with Crippen molar-refractivity contribution in [2.24, 2.45) is 0 Å². The molecule has 0 aliphatic carbocycles. The number of nitrogens with one attached hydrogen (secondary N) is 2. The van der Waals surface area contributed by atoms with E-state index in [2.05, 4.69) is 15.5 Å². The predicted molar refractivity (Wildman–Crippen MR) is 116 cm³/mol. The summed E-state index contributed by atoms with van der Waals surface area (Å²) in [6, 6.07) is 7.20. The number of nitrogen functional groups attached to an aromatic ring is 1. The Morgan fingerprint density at radius 3 is 2.67 bits per heavy atom. The van der Waals surface area contributed by atoms with Gasteiger partial charge < -0.3 is 16.2 Å². The van der Waals surface area contributed by atoms with Gasteiger partial charge in [-0.1, -0.05) is 6.07 Å². The number of amides is 1. The standard InChI is InChI=1S/C22H24N6O2/c1-11-5-6-17(29)13(3)19(11)28-20(23)18(16-9-12(2)14(4)26-21(16)28)22(30)24-10-15-7-8-25-27-15/h5-9,29H,10,23H2,1-4H3,(H,24,30)(H,25,27). The van der Waals surface area contributed by atoms with Gasteiger partial charge in [-0.25, -0.2) is 4.98 Å². The number of pyridine rings is 1. The molecule has 0 fully saturated rings. The van der Waals surface area contributed by atoms with Crippen LogP contribution in [0.4, 0.5) is 5.82 Å². The Morgan fingerprint density at radius 1 is 1.20 bits per heavy atom. The summed E-state index contributed by atoms with van der Waals surface area (Å²) in [6.45, 7) is 7.93. The molecule has 0 atom stereocenters. The van der Waals surface area contributed by atoms with Gasteiger partial charge in [-0.05, 0) is 57.0 Å². The third-order valence-electron chi connectivity index (χ3n) is 5.48. The summed E-state index contributed by atoms with van der Waals surface area (Å²) in [5.41, 5.74) is 12.4. The zero-order valence-corrected chi connectivity index (χ0v) is 17.4. The van der Waals surface area contributed by atoms with Crippen molar-refractivity contribution in [3.8, 4) is 11.4 Å². The van der Waals surface area contributed by atoms with Crippen LogP contribution in [0, 0.1) is 27.7 Å². The summed E-state index contributed by atoms with van der Waals surface area (Å²) in [7, 11) is 0. The van der Waals surface area contributed by atoms with Crippen molar-refractivity contribution >= 4 is 22.8 Å². The summed E-state index contributed by atoms with van der Waals surface area (Å²) in [6.07, 6.45) is 1.63. The molecule has 0 saturated heterocycles. The van der Waals surface area contributed by atoms with Crippen molar-refractivity contribution in [2.75, 3.05) is 5.73 Å². The van der Waals surface area contributed by atoms with Gasteiger partial charge in [0.1, 0.15) is 17.2 Å². The van der Waals surface area contributed by atoms with Gasteiger partial charge in [0.15, 0.2) is 0 Å². The first-order valence-electron chi connectivity index (χ1n) is 9.63.